The van der Waals surface area contributed by atoms with Gasteiger partial charge in [-0.1, -0.05) is 39.0 Å². The molecule has 0 spiro atoms. The Morgan fingerprint density at radius 3 is 2.32 bits per heavy atom. The summed E-state index contributed by atoms with van der Waals surface area (Å²) in [5.74, 6) is -0.484. The van der Waals surface area contributed by atoms with E-state index in [1.54, 1.807) is 32.2 Å². The van der Waals surface area contributed by atoms with E-state index in [-0.39, 0.29) is 23.2 Å². The SMILES string of the molecule is CC(c1ccccc1F)N(C)C(=O)[C@H](N)C(C)(C)C. The number of nitrogens with zero attached hydrogens (tertiary/aromatic N) is 1. The van der Waals surface area contributed by atoms with Crippen molar-refractivity contribution in [3.63, 3.8) is 0 Å². The molecule has 0 bridgehead atoms. The zero-order valence-electron chi connectivity index (χ0n) is 12.3. The molecule has 0 fully saturated rings. The number of likely N-dealkylation sites (N-methyl/N-ethyl adjacent to an activating group) is 1. The topological polar surface area (TPSA) is 46.3 Å². The fourth-order valence-corrected chi connectivity index (χ4v) is 1.80. The van der Waals surface area contributed by atoms with E-state index >= 15 is 0 Å². The van der Waals surface area contributed by atoms with Crippen LogP contribution in [0.4, 0.5) is 4.39 Å². The van der Waals surface area contributed by atoms with E-state index < -0.39 is 6.04 Å². The maximum atomic E-state index is 13.7. The number of benzene rings is 1. The molecule has 0 aliphatic rings. The number of rotatable bonds is 3. The molecule has 3 nitrogen and oxygen atoms in total. The Balaban J connectivity index is 2.92. The average Bonchev–Trinajstić information content (AvgIpc) is 2.34. The van der Waals surface area contributed by atoms with Crippen molar-refractivity contribution in [2.45, 2.75) is 39.8 Å². The molecule has 2 N–H and O–H groups in total. The lowest BCUT2D eigenvalue weighted by molar-refractivity contribution is -0.135. The highest BCUT2D eigenvalue weighted by molar-refractivity contribution is 5.82. The second kappa shape index (κ2) is 5.70. The molecule has 1 rings (SSSR count). The molecule has 0 radical (unpaired) electrons. The number of nitrogens with two attached hydrogens (primary N) is 1. The Hall–Kier alpha value is -1.42. The summed E-state index contributed by atoms with van der Waals surface area (Å²) in [6, 6.07) is 5.53. The van der Waals surface area contributed by atoms with Crippen LogP contribution in [0.3, 0.4) is 0 Å². The Morgan fingerprint density at radius 2 is 1.84 bits per heavy atom. The maximum Gasteiger partial charge on any atom is 0.240 e. The molecule has 0 saturated heterocycles. The van der Waals surface area contributed by atoms with E-state index in [1.807, 2.05) is 20.8 Å². The van der Waals surface area contributed by atoms with Gasteiger partial charge in [-0.15, -0.1) is 0 Å². The molecule has 106 valence electrons. The van der Waals surface area contributed by atoms with Gasteiger partial charge in [-0.05, 0) is 18.4 Å². The first-order chi connectivity index (χ1) is 8.66. The van der Waals surface area contributed by atoms with Crippen LogP contribution in [0.15, 0.2) is 24.3 Å². The van der Waals surface area contributed by atoms with Crippen molar-refractivity contribution < 1.29 is 9.18 Å². The maximum absolute atomic E-state index is 13.7. The fraction of sp³-hybridized carbons (Fsp3) is 0.533. The first kappa shape index (κ1) is 15.6. The highest BCUT2D eigenvalue weighted by Crippen LogP contribution is 2.25. The molecule has 4 heteroatoms. The number of carbonyl (C=O) groups excluding carboxylic acids is 1. The van der Waals surface area contributed by atoms with E-state index in [2.05, 4.69) is 0 Å². The number of halogens is 1. The zero-order valence-corrected chi connectivity index (χ0v) is 12.3. The van der Waals surface area contributed by atoms with E-state index in [0.717, 1.165) is 0 Å². The van der Waals surface area contributed by atoms with Gasteiger partial charge in [0.1, 0.15) is 5.82 Å². The predicted octanol–water partition coefficient (Wildman–Crippen LogP) is 2.72. The van der Waals surface area contributed by atoms with Crippen molar-refractivity contribution >= 4 is 5.91 Å². The van der Waals surface area contributed by atoms with E-state index in [1.165, 1.54) is 11.0 Å². The number of hydrogen-bond donors (Lipinski definition) is 1. The lowest BCUT2D eigenvalue weighted by Crippen LogP contribution is -2.49. The van der Waals surface area contributed by atoms with Crippen LogP contribution < -0.4 is 5.73 Å². The molecular formula is C15H23FN2O. The van der Waals surface area contributed by atoms with Crippen LogP contribution in [-0.2, 0) is 4.79 Å². The zero-order chi connectivity index (χ0) is 14.8. The van der Waals surface area contributed by atoms with Gasteiger partial charge in [0.25, 0.3) is 0 Å². The highest BCUT2D eigenvalue weighted by atomic mass is 19.1. The van der Waals surface area contributed by atoms with Crippen LogP contribution in [0.2, 0.25) is 0 Å². The first-order valence-electron chi connectivity index (χ1n) is 6.43. The molecule has 19 heavy (non-hydrogen) atoms. The Kier molecular flexibility index (Phi) is 4.69. The summed E-state index contributed by atoms with van der Waals surface area (Å²) in [6.45, 7) is 7.54. The molecule has 0 heterocycles. The third-order valence-corrected chi connectivity index (χ3v) is 3.48. The third kappa shape index (κ3) is 3.53. The Labute approximate surface area is 114 Å². The van der Waals surface area contributed by atoms with Gasteiger partial charge in [-0.3, -0.25) is 4.79 Å². The normalized spacial score (nSPS) is 14.9. The fourth-order valence-electron chi connectivity index (χ4n) is 1.80. The minimum Gasteiger partial charge on any atom is -0.338 e. The number of amides is 1. The van der Waals surface area contributed by atoms with E-state index in [9.17, 15) is 9.18 Å². The molecule has 1 unspecified atom stereocenters. The summed E-state index contributed by atoms with van der Waals surface area (Å²) in [7, 11) is 1.66. The minimum atomic E-state index is -0.605. The summed E-state index contributed by atoms with van der Waals surface area (Å²) >= 11 is 0. The minimum absolute atomic E-state index is 0.178. The largest absolute Gasteiger partial charge is 0.338 e. The van der Waals surface area contributed by atoms with E-state index in [0.29, 0.717) is 5.56 Å². The number of carbonyl (C=O) groups is 1. The van der Waals surface area contributed by atoms with Gasteiger partial charge in [0.05, 0.1) is 12.1 Å². The van der Waals surface area contributed by atoms with Crippen molar-refractivity contribution in [3.8, 4) is 0 Å². The summed E-state index contributed by atoms with van der Waals surface area (Å²) in [5, 5.41) is 0. The summed E-state index contributed by atoms with van der Waals surface area (Å²) < 4.78 is 13.7. The predicted molar refractivity (Wildman–Crippen MR) is 75.0 cm³/mol. The molecule has 0 aliphatic carbocycles. The molecular weight excluding hydrogens is 243 g/mol. The quantitative estimate of drug-likeness (QED) is 0.914. The molecule has 0 aliphatic heterocycles. The van der Waals surface area contributed by atoms with Crippen molar-refractivity contribution in [1.29, 1.82) is 0 Å². The lowest BCUT2D eigenvalue weighted by atomic mass is 9.86. The molecule has 1 amide bonds. The monoisotopic (exact) mass is 266 g/mol. The molecule has 1 aromatic rings. The average molecular weight is 266 g/mol. The van der Waals surface area contributed by atoms with Crippen LogP contribution in [0, 0.1) is 11.2 Å². The third-order valence-electron chi connectivity index (χ3n) is 3.48. The van der Waals surface area contributed by atoms with Crippen molar-refractivity contribution in [1.82, 2.24) is 4.90 Å². The van der Waals surface area contributed by atoms with Crippen LogP contribution >= 0.6 is 0 Å². The highest BCUT2D eigenvalue weighted by Gasteiger charge is 2.32. The summed E-state index contributed by atoms with van der Waals surface area (Å²) in [6.07, 6.45) is 0. The first-order valence-corrected chi connectivity index (χ1v) is 6.43. The van der Waals surface area contributed by atoms with Gasteiger partial charge >= 0.3 is 0 Å². The molecule has 0 saturated carbocycles. The summed E-state index contributed by atoms with van der Waals surface area (Å²) in [4.78, 5) is 13.8. The molecule has 0 aromatic heterocycles. The van der Waals surface area contributed by atoms with Gasteiger partial charge in [-0.2, -0.15) is 0 Å². The van der Waals surface area contributed by atoms with Gasteiger partial charge < -0.3 is 10.6 Å². The second-order valence-corrected chi connectivity index (χ2v) is 5.99. The van der Waals surface area contributed by atoms with Gasteiger partial charge in [-0.25, -0.2) is 4.39 Å². The second-order valence-electron chi connectivity index (χ2n) is 5.99. The van der Waals surface area contributed by atoms with Gasteiger partial charge in [0.2, 0.25) is 5.91 Å². The van der Waals surface area contributed by atoms with Crippen molar-refractivity contribution in [2.24, 2.45) is 11.1 Å². The molecule has 2 atom stereocenters. The summed E-state index contributed by atoms with van der Waals surface area (Å²) in [5.41, 5.74) is 6.14. The lowest BCUT2D eigenvalue weighted by Gasteiger charge is -2.33. The standard InChI is InChI=1S/C15H23FN2O/c1-10(11-8-6-7-9-12(11)16)18(5)14(19)13(17)15(2,3)4/h6-10,13H,17H2,1-5H3/t10?,13-/m0/s1. The van der Waals surface area contributed by atoms with E-state index in [4.69, 9.17) is 5.73 Å². The van der Waals surface area contributed by atoms with Crippen LogP contribution in [0.1, 0.15) is 39.3 Å². The van der Waals surface area contributed by atoms with Crippen molar-refractivity contribution in [3.05, 3.63) is 35.6 Å². The number of hydrogen-bond acceptors (Lipinski definition) is 2. The van der Waals surface area contributed by atoms with Crippen LogP contribution in [0.25, 0.3) is 0 Å². The van der Waals surface area contributed by atoms with Crippen LogP contribution in [0.5, 0.6) is 0 Å². The van der Waals surface area contributed by atoms with Gasteiger partial charge in [0.15, 0.2) is 0 Å². The van der Waals surface area contributed by atoms with Crippen LogP contribution in [-0.4, -0.2) is 23.9 Å². The molecule has 1 aromatic carbocycles. The smallest absolute Gasteiger partial charge is 0.240 e. The Morgan fingerprint density at radius 1 is 1.32 bits per heavy atom. The Bertz CT molecular complexity index is 454. The van der Waals surface area contributed by atoms with Crippen molar-refractivity contribution in [2.75, 3.05) is 7.05 Å². The van der Waals surface area contributed by atoms with Gasteiger partial charge in [0, 0.05) is 12.6 Å².